The van der Waals surface area contributed by atoms with E-state index >= 15 is 0 Å². The van der Waals surface area contributed by atoms with Crippen molar-refractivity contribution in [2.24, 2.45) is 5.92 Å². The van der Waals surface area contributed by atoms with Gasteiger partial charge in [0.2, 0.25) is 0 Å². The molecule has 0 bridgehead atoms. The Bertz CT molecular complexity index is 514. The number of hydrogen-bond acceptors (Lipinski definition) is 3. The molecule has 108 valence electrons. The fourth-order valence-electron chi connectivity index (χ4n) is 2.29. The minimum Gasteiger partial charge on any atom is -0.356 e. The molecule has 0 amide bonds. The van der Waals surface area contributed by atoms with Gasteiger partial charge in [-0.3, -0.25) is 0 Å². The fraction of sp³-hybridized carbons (Fsp3) is 0.471. The van der Waals surface area contributed by atoms with E-state index in [1.54, 1.807) is 6.20 Å². The monoisotopic (exact) mass is 272 g/mol. The lowest BCUT2D eigenvalue weighted by Gasteiger charge is -2.06. The molecule has 0 spiro atoms. The highest BCUT2D eigenvalue weighted by molar-refractivity contribution is 5.61. The molecule has 1 heterocycles. The highest BCUT2D eigenvalue weighted by Gasteiger charge is 2.10. The molecule has 0 unspecified atom stereocenters. The van der Waals surface area contributed by atoms with Crippen molar-refractivity contribution in [3.8, 4) is 11.3 Å². The number of rotatable bonds is 7. The molecule has 0 atom stereocenters. The van der Waals surface area contributed by atoms with Crippen molar-refractivity contribution < 1.29 is 4.52 Å². The summed E-state index contributed by atoms with van der Waals surface area (Å²) < 4.78 is 5.41. The van der Waals surface area contributed by atoms with Gasteiger partial charge in [-0.25, -0.2) is 0 Å². The summed E-state index contributed by atoms with van der Waals surface area (Å²) in [5.74, 6) is 1.56. The van der Waals surface area contributed by atoms with Gasteiger partial charge in [-0.15, -0.1) is 0 Å². The minimum absolute atomic E-state index is 0.680. The predicted molar refractivity (Wildman–Crippen MR) is 82.5 cm³/mol. The SMILES string of the molecule is CCCNCc1cnoc1-c1ccc(CC(C)C)cc1. The van der Waals surface area contributed by atoms with Crippen LogP contribution in [0.4, 0.5) is 0 Å². The molecule has 3 heteroatoms. The van der Waals surface area contributed by atoms with Gasteiger partial charge in [0.05, 0.1) is 6.20 Å². The molecule has 2 rings (SSSR count). The largest absolute Gasteiger partial charge is 0.356 e. The molecular formula is C17H24N2O. The smallest absolute Gasteiger partial charge is 0.171 e. The summed E-state index contributed by atoms with van der Waals surface area (Å²) in [5.41, 5.74) is 3.59. The van der Waals surface area contributed by atoms with Crippen LogP contribution >= 0.6 is 0 Å². The number of nitrogens with zero attached hydrogens (tertiary/aromatic N) is 1. The molecule has 0 fully saturated rings. The zero-order chi connectivity index (χ0) is 14.4. The topological polar surface area (TPSA) is 38.1 Å². The van der Waals surface area contributed by atoms with E-state index in [1.807, 2.05) is 0 Å². The Morgan fingerprint density at radius 3 is 2.60 bits per heavy atom. The second-order valence-electron chi connectivity index (χ2n) is 5.65. The Morgan fingerprint density at radius 1 is 1.20 bits per heavy atom. The zero-order valence-electron chi connectivity index (χ0n) is 12.6. The van der Waals surface area contributed by atoms with Gasteiger partial charge in [-0.2, -0.15) is 0 Å². The average Bonchev–Trinajstić information content (AvgIpc) is 2.88. The summed E-state index contributed by atoms with van der Waals surface area (Å²) in [6.45, 7) is 8.46. The van der Waals surface area contributed by atoms with Crippen LogP contribution in [0.5, 0.6) is 0 Å². The fourth-order valence-corrected chi connectivity index (χ4v) is 2.29. The number of nitrogens with one attached hydrogen (secondary N) is 1. The molecule has 0 aliphatic rings. The Balaban J connectivity index is 2.09. The lowest BCUT2D eigenvalue weighted by atomic mass is 10.0. The third kappa shape index (κ3) is 3.94. The predicted octanol–water partition coefficient (Wildman–Crippen LogP) is 4.04. The molecule has 0 aliphatic heterocycles. The number of hydrogen-bond donors (Lipinski definition) is 1. The summed E-state index contributed by atoms with van der Waals surface area (Å²) in [5, 5.41) is 7.32. The first-order valence-corrected chi connectivity index (χ1v) is 7.44. The van der Waals surface area contributed by atoms with Crippen molar-refractivity contribution in [3.63, 3.8) is 0 Å². The van der Waals surface area contributed by atoms with Gasteiger partial charge in [0.15, 0.2) is 5.76 Å². The highest BCUT2D eigenvalue weighted by Crippen LogP contribution is 2.24. The normalized spacial score (nSPS) is 11.2. The lowest BCUT2D eigenvalue weighted by molar-refractivity contribution is 0.431. The van der Waals surface area contributed by atoms with Crippen molar-refractivity contribution in [1.82, 2.24) is 10.5 Å². The van der Waals surface area contributed by atoms with Crippen LogP contribution in [0, 0.1) is 5.92 Å². The molecule has 0 saturated heterocycles. The summed E-state index contributed by atoms with van der Waals surface area (Å²) in [6, 6.07) is 8.62. The van der Waals surface area contributed by atoms with Crippen molar-refractivity contribution in [2.75, 3.05) is 6.54 Å². The first kappa shape index (κ1) is 14.8. The lowest BCUT2D eigenvalue weighted by Crippen LogP contribution is -2.13. The van der Waals surface area contributed by atoms with Crippen LogP contribution in [-0.2, 0) is 13.0 Å². The number of aromatic nitrogens is 1. The van der Waals surface area contributed by atoms with Crippen molar-refractivity contribution in [2.45, 2.75) is 40.2 Å². The van der Waals surface area contributed by atoms with Crippen LogP contribution in [0.1, 0.15) is 38.3 Å². The third-order valence-corrected chi connectivity index (χ3v) is 3.25. The Morgan fingerprint density at radius 2 is 1.95 bits per heavy atom. The van der Waals surface area contributed by atoms with E-state index in [-0.39, 0.29) is 0 Å². The molecule has 2 aromatic rings. The summed E-state index contributed by atoms with van der Waals surface area (Å²) in [7, 11) is 0. The van der Waals surface area contributed by atoms with Crippen LogP contribution < -0.4 is 5.32 Å². The van der Waals surface area contributed by atoms with Crippen molar-refractivity contribution >= 4 is 0 Å². The van der Waals surface area contributed by atoms with Gasteiger partial charge >= 0.3 is 0 Å². The molecule has 3 nitrogen and oxygen atoms in total. The second-order valence-corrected chi connectivity index (χ2v) is 5.65. The van der Waals surface area contributed by atoms with E-state index in [0.29, 0.717) is 5.92 Å². The third-order valence-electron chi connectivity index (χ3n) is 3.25. The van der Waals surface area contributed by atoms with Crippen LogP contribution in [0.3, 0.4) is 0 Å². The van der Waals surface area contributed by atoms with Crippen molar-refractivity contribution in [1.29, 1.82) is 0 Å². The van der Waals surface area contributed by atoms with Gasteiger partial charge in [0, 0.05) is 17.7 Å². The first-order valence-electron chi connectivity index (χ1n) is 7.44. The van der Waals surface area contributed by atoms with Crippen LogP contribution in [-0.4, -0.2) is 11.7 Å². The second kappa shape index (κ2) is 7.25. The standard InChI is InChI=1S/C17H24N2O/c1-4-9-18-11-16-12-19-20-17(16)15-7-5-14(6-8-15)10-13(2)3/h5-8,12-13,18H,4,9-11H2,1-3H3. The van der Waals surface area contributed by atoms with Crippen LogP contribution in [0.2, 0.25) is 0 Å². The van der Waals surface area contributed by atoms with E-state index < -0.39 is 0 Å². The maximum absolute atomic E-state index is 5.41. The number of benzene rings is 1. The van der Waals surface area contributed by atoms with Gasteiger partial charge < -0.3 is 9.84 Å². The van der Waals surface area contributed by atoms with E-state index in [0.717, 1.165) is 42.8 Å². The maximum Gasteiger partial charge on any atom is 0.171 e. The van der Waals surface area contributed by atoms with Gasteiger partial charge in [-0.1, -0.05) is 50.2 Å². The molecule has 0 aliphatic carbocycles. The highest BCUT2D eigenvalue weighted by atomic mass is 16.5. The van der Waals surface area contributed by atoms with Gasteiger partial charge in [0.1, 0.15) is 0 Å². The van der Waals surface area contributed by atoms with E-state index in [1.165, 1.54) is 5.56 Å². The Kier molecular flexibility index (Phi) is 5.36. The minimum atomic E-state index is 0.680. The maximum atomic E-state index is 5.41. The van der Waals surface area contributed by atoms with Crippen LogP contribution in [0.15, 0.2) is 35.0 Å². The van der Waals surface area contributed by atoms with E-state index in [4.69, 9.17) is 4.52 Å². The zero-order valence-corrected chi connectivity index (χ0v) is 12.6. The first-order chi connectivity index (χ1) is 9.70. The molecule has 20 heavy (non-hydrogen) atoms. The molecular weight excluding hydrogens is 248 g/mol. The molecule has 1 N–H and O–H groups in total. The average molecular weight is 272 g/mol. The van der Waals surface area contributed by atoms with E-state index in [9.17, 15) is 0 Å². The Labute approximate surface area is 121 Å². The summed E-state index contributed by atoms with van der Waals surface area (Å²) >= 11 is 0. The quantitative estimate of drug-likeness (QED) is 0.773. The summed E-state index contributed by atoms with van der Waals surface area (Å²) in [4.78, 5) is 0. The Hall–Kier alpha value is -1.61. The van der Waals surface area contributed by atoms with Gasteiger partial charge in [0.25, 0.3) is 0 Å². The van der Waals surface area contributed by atoms with E-state index in [2.05, 4.69) is 55.5 Å². The summed E-state index contributed by atoms with van der Waals surface area (Å²) in [6.07, 6.45) is 4.05. The van der Waals surface area contributed by atoms with Crippen LogP contribution in [0.25, 0.3) is 11.3 Å². The van der Waals surface area contributed by atoms with Gasteiger partial charge in [-0.05, 0) is 30.9 Å². The molecule has 1 aromatic heterocycles. The molecule has 0 saturated carbocycles. The molecule has 0 radical (unpaired) electrons. The van der Waals surface area contributed by atoms with Crippen molar-refractivity contribution in [3.05, 3.63) is 41.6 Å². The molecule has 1 aromatic carbocycles.